The third-order valence-electron chi connectivity index (χ3n) is 1.18. The van der Waals surface area contributed by atoms with Gasteiger partial charge in [0.05, 0.1) is 7.11 Å². The van der Waals surface area contributed by atoms with Gasteiger partial charge in [-0.2, -0.15) is 4.39 Å². The first-order chi connectivity index (χ1) is 4.75. The average molecular weight is 140 g/mol. The smallest absolute Gasteiger partial charge is 0.219 e. The summed E-state index contributed by atoms with van der Waals surface area (Å²) in [4.78, 5) is 3.38. The van der Waals surface area contributed by atoms with Gasteiger partial charge in [-0.1, -0.05) is 0 Å². The highest BCUT2D eigenvalue weighted by atomic mass is 19.1. The van der Waals surface area contributed by atoms with E-state index < -0.39 is 5.95 Å². The van der Waals surface area contributed by atoms with Crippen LogP contribution in [0.25, 0.3) is 0 Å². The van der Waals surface area contributed by atoms with Crippen molar-refractivity contribution >= 4 is 0 Å². The molecule has 3 heteroatoms. The molecule has 53 valence electrons. The van der Waals surface area contributed by atoms with Crippen LogP contribution >= 0.6 is 0 Å². The second-order valence-electron chi connectivity index (χ2n) is 1.78. The molecule has 0 aliphatic heterocycles. The second kappa shape index (κ2) is 2.64. The van der Waals surface area contributed by atoms with Crippen LogP contribution < -0.4 is 4.74 Å². The first-order valence-corrected chi connectivity index (χ1v) is 2.76. The number of halogens is 1. The zero-order valence-electron chi connectivity index (χ0n) is 5.60. The molecule has 1 heterocycles. The minimum Gasteiger partial charge on any atom is -0.496 e. The molecule has 1 aromatic rings. The predicted molar refractivity (Wildman–Crippen MR) is 35.2 cm³/mol. The van der Waals surface area contributed by atoms with Gasteiger partial charge in [0.15, 0.2) is 0 Å². The van der Waals surface area contributed by atoms with Crippen LogP contribution in [0.3, 0.4) is 0 Å². The lowest BCUT2D eigenvalue weighted by atomic mass is 10.3. The molecule has 1 aromatic heterocycles. The van der Waals surface area contributed by atoms with Crippen LogP contribution in [0.5, 0.6) is 5.75 Å². The highest BCUT2D eigenvalue weighted by Crippen LogP contribution is 2.16. The Morgan fingerprint density at radius 2 is 2.40 bits per heavy atom. The lowest BCUT2D eigenvalue weighted by Gasteiger charge is -2.01. The van der Waals surface area contributed by atoms with Gasteiger partial charge < -0.3 is 4.74 Å². The molecule has 0 fully saturated rings. The van der Waals surface area contributed by atoms with Gasteiger partial charge in [0, 0.05) is 11.8 Å². The zero-order valence-corrected chi connectivity index (χ0v) is 5.60. The fourth-order valence-electron chi connectivity index (χ4n) is 0.642. The quantitative estimate of drug-likeness (QED) is 0.550. The molecule has 0 N–H and O–H groups in total. The fraction of sp³-hybridized carbons (Fsp3) is 0.143. The second-order valence-corrected chi connectivity index (χ2v) is 1.78. The number of hydrogen-bond donors (Lipinski definition) is 0. The first kappa shape index (κ1) is 6.99. The molecule has 0 saturated carbocycles. The van der Waals surface area contributed by atoms with E-state index in [-0.39, 0.29) is 5.56 Å². The summed E-state index contributed by atoms with van der Waals surface area (Å²) in [5.74, 6) is -0.160. The standard InChI is InChI=1S/C7H7FNO/c1-5-6(10-2)3-4-9-7(5)8/h3-4H,1H2,2H3. The average Bonchev–Trinajstić information content (AvgIpc) is 1.95. The van der Waals surface area contributed by atoms with Crippen molar-refractivity contribution in [1.29, 1.82) is 0 Å². The van der Waals surface area contributed by atoms with Crippen LogP contribution in [-0.2, 0) is 0 Å². The lowest BCUT2D eigenvalue weighted by molar-refractivity contribution is 0.406. The molecule has 2 nitrogen and oxygen atoms in total. The number of methoxy groups -OCH3 is 1. The molecule has 0 aliphatic carbocycles. The Morgan fingerprint density at radius 3 is 2.90 bits per heavy atom. The zero-order chi connectivity index (χ0) is 7.56. The molecule has 0 aliphatic rings. The van der Waals surface area contributed by atoms with Gasteiger partial charge in [0.2, 0.25) is 5.95 Å². The van der Waals surface area contributed by atoms with Crippen LogP contribution in [0, 0.1) is 12.9 Å². The summed E-state index contributed by atoms with van der Waals surface area (Å²) in [6.07, 6.45) is 1.34. The predicted octanol–water partition coefficient (Wildman–Crippen LogP) is 1.41. The van der Waals surface area contributed by atoms with Crippen molar-refractivity contribution in [1.82, 2.24) is 4.98 Å². The van der Waals surface area contributed by atoms with Crippen LogP contribution in [0.15, 0.2) is 12.3 Å². The number of pyridine rings is 1. The van der Waals surface area contributed by atoms with Gasteiger partial charge in [-0.25, -0.2) is 4.98 Å². The van der Waals surface area contributed by atoms with Gasteiger partial charge in [-0.3, -0.25) is 0 Å². The Kier molecular flexibility index (Phi) is 1.85. The largest absolute Gasteiger partial charge is 0.496 e. The van der Waals surface area contributed by atoms with Gasteiger partial charge >= 0.3 is 0 Å². The van der Waals surface area contributed by atoms with E-state index in [0.29, 0.717) is 5.75 Å². The van der Waals surface area contributed by atoms with Crippen molar-refractivity contribution < 1.29 is 9.13 Å². The van der Waals surface area contributed by atoms with Crippen molar-refractivity contribution in [2.75, 3.05) is 7.11 Å². The molecule has 1 radical (unpaired) electrons. The SMILES string of the molecule is [CH2]c1c(OC)ccnc1F. The molecule has 0 unspecified atom stereocenters. The molecule has 0 amide bonds. The lowest BCUT2D eigenvalue weighted by Crippen LogP contribution is -1.92. The summed E-state index contributed by atoms with van der Waals surface area (Å²) in [6.45, 7) is 3.43. The number of nitrogens with zero attached hydrogens (tertiary/aromatic N) is 1. The molecular formula is C7H7FNO. The van der Waals surface area contributed by atoms with E-state index in [1.165, 1.54) is 13.3 Å². The van der Waals surface area contributed by atoms with Crippen molar-refractivity contribution in [3.8, 4) is 5.75 Å². The molecule has 0 aromatic carbocycles. The monoisotopic (exact) mass is 140 g/mol. The van der Waals surface area contributed by atoms with E-state index in [1.54, 1.807) is 6.07 Å². The fourth-order valence-corrected chi connectivity index (χ4v) is 0.642. The van der Waals surface area contributed by atoms with E-state index in [2.05, 4.69) is 11.9 Å². The Hall–Kier alpha value is -1.12. The van der Waals surface area contributed by atoms with Crippen molar-refractivity contribution in [3.63, 3.8) is 0 Å². The maximum absolute atomic E-state index is 12.5. The van der Waals surface area contributed by atoms with E-state index in [4.69, 9.17) is 4.74 Å². The third-order valence-corrected chi connectivity index (χ3v) is 1.18. The van der Waals surface area contributed by atoms with Gasteiger partial charge in [0.1, 0.15) is 5.75 Å². The van der Waals surface area contributed by atoms with Gasteiger partial charge in [-0.15, -0.1) is 0 Å². The van der Waals surface area contributed by atoms with Gasteiger partial charge in [-0.05, 0) is 13.0 Å². The topological polar surface area (TPSA) is 22.1 Å². The summed E-state index contributed by atoms with van der Waals surface area (Å²) in [7, 11) is 1.46. The molecule has 0 bridgehead atoms. The first-order valence-electron chi connectivity index (χ1n) is 2.76. The number of ether oxygens (including phenoxy) is 1. The Labute approximate surface area is 58.7 Å². The van der Waals surface area contributed by atoms with Crippen LogP contribution in [-0.4, -0.2) is 12.1 Å². The molecule has 0 saturated heterocycles. The summed E-state index contributed by atoms with van der Waals surface area (Å²) in [5, 5.41) is 0. The van der Waals surface area contributed by atoms with Crippen molar-refractivity contribution in [3.05, 3.63) is 30.7 Å². The van der Waals surface area contributed by atoms with Gasteiger partial charge in [0.25, 0.3) is 0 Å². The Balaban J connectivity index is 3.14. The van der Waals surface area contributed by atoms with Crippen molar-refractivity contribution in [2.45, 2.75) is 0 Å². The number of rotatable bonds is 1. The maximum Gasteiger partial charge on any atom is 0.219 e. The molecule has 0 spiro atoms. The molecule has 1 rings (SSSR count). The molecule has 10 heavy (non-hydrogen) atoms. The summed E-state index contributed by atoms with van der Waals surface area (Å²) in [6, 6.07) is 1.56. The van der Waals surface area contributed by atoms with E-state index in [0.717, 1.165) is 0 Å². The highest BCUT2D eigenvalue weighted by Gasteiger charge is 2.02. The van der Waals surface area contributed by atoms with Crippen LogP contribution in [0.4, 0.5) is 4.39 Å². The number of aromatic nitrogens is 1. The summed E-state index contributed by atoms with van der Waals surface area (Å²) >= 11 is 0. The van der Waals surface area contributed by atoms with Crippen LogP contribution in [0.1, 0.15) is 5.56 Å². The van der Waals surface area contributed by atoms with E-state index in [9.17, 15) is 4.39 Å². The van der Waals surface area contributed by atoms with E-state index >= 15 is 0 Å². The van der Waals surface area contributed by atoms with E-state index in [1.807, 2.05) is 0 Å². The Morgan fingerprint density at radius 1 is 1.70 bits per heavy atom. The Bertz CT molecular complexity index is 237. The third kappa shape index (κ3) is 1.07. The summed E-state index contributed by atoms with van der Waals surface area (Å²) in [5.41, 5.74) is 0.199. The summed E-state index contributed by atoms with van der Waals surface area (Å²) < 4.78 is 17.3. The molecule has 0 atom stereocenters. The number of hydrogen-bond acceptors (Lipinski definition) is 2. The maximum atomic E-state index is 12.5. The normalized spacial score (nSPS) is 9.50. The minimum absolute atomic E-state index is 0.199. The van der Waals surface area contributed by atoms with Crippen LogP contribution in [0.2, 0.25) is 0 Å². The highest BCUT2D eigenvalue weighted by molar-refractivity contribution is 5.33. The minimum atomic E-state index is -0.584. The van der Waals surface area contributed by atoms with Crippen molar-refractivity contribution in [2.24, 2.45) is 0 Å². The molecular weight excluding hydrogens is 133 g/mol.